The van der Waals surface area contributed by atoms with Crippen LogP contribution in [0.25, 0.3) is 0 Å². The van der Waals surface area contributed by atoms with Crippen LogP contribution in [0.2, 0.25) is 0 Å². The van der Waals surface area contributed by atoms with Crippen LogP contribution >= 0.6 is 0 Å². The summed E-state index contributed by atoms with van der Waals surface area (Å²) in [4.78, 5) is 24.4. The minimum Gasteiger partial charge on any atom is -0.466 e. The molecule has 0 aromatic heterocycles. The van der Waals surface area contributed by atoms with E-state index < -0.39 is 12.1 Å². The predicted molar refractivity (Wildman–Crippen MR) is 255 cm³/mol. The third kappa shape index (κ3) is 45.4. The van der Waals surface area contributed by atoms with Crippen LogP contribution in [0.1, 0.15) is 264 Å². The number of aliphatic hydroxyl groups excluding tert-OH is 2. The molecule has 6 heteroatoms. The van der Waals surface area contributed by atoms with E-state index >= 15 is 0 Å². The highest BCUT2D eigenvalue weighted by Crippen LogP contribution is 2.15. The summed E-state index contributed by atoms with van der Waals surface area (Å²) < 4.78 is 5.45. The van der Waals surface area contributed by atoms with Crippen LogP contribution in [0.15, 0.2) is 36.5 Å². The molecule has 0 heterocycles. The van der Waals surface area contributed by atoms with Crippen molar-refractivity contribution in [2.75, 3.05) is 13.2 Å². The van der Waals surface area contributed by atoms with Crippen LogP contribution in [-0.4, -0.2) is 47.4 Å². The number of rotatable bonds is 47. The molecule has 0 spiro atoms. The van der Waals surface area contributed by atoms with Crippen LogP contribution in [0.5, 0.6) is 0 Å². The number of carbonyl (C=O) groups excluding carboxylic acids is 2. The van der Waals surface area contributed by atoms with Gasteiger partial charge in [-0.3, -0.25) is 9.59 Å². The fraction of sp³-hybridized carbons (Fsp3) is 0.849. The third-order valence-electron chi connectivity index (χ3n) is 11.7. The maximum absolute atomic E-state index is 12.4. The molecule has 2 unspecified atom stereocenters. The fourth-order valence-electron chi connectivity index (χ4n) is 7.66. The van der Waals surface area contributed by atoms with Crippen molar-refractivity contribution in [2.45, 2.75) is 276 Å². The number of hydrogen-bond donors (Lipinski definition) is 3. The van der Waals surface area contributed by atoms with Crippen molar-refractivity contribution in [1.82, 2.24) is 5.32 Å². The molecule has 0 aromatic carbocycles. The zero-order valence-corrected chi connectivity index (χ0v) is 39.2. The molecule has 1 amide bonds. The topological polar surface area (TPSA) is 95.9 Å². The van der Waals surface area contributed by atoms with Crippen LogP contribution in [0.3, 0.4) is 0 Å². The van der Waals surface area contributed by atoms with Gasteiger partial charge in [0.2, 0.25) is 5.91 Å². The first-order valence-corrected chi connectivity index (χ1v) is 25.7. The molecule has 6 nitrogen and oxygen atoms in total. The van der Waals surface area contributed by atoms with Crippen molar-refractivity contribution < 1.29 is 24.5 Å². The van der Waals surface area contributed by atoms with Gasteiger partial charge in [-0.15, -0.1) is 0 Å². The van der Waals surface area contributed by atoms with Gasteiger partial charge in [0.25, 0.3) is 0 Å². The van der Waals surface area contributed by atoms with Crippen molar-refractivity contribution in [3.63, 3.8) is 0 Å². The number of amides is 1. The second-order valence-electron chi connectivity index (χ2n) is 17.5. The first-order chi connectivity index (χ1) is 29.0. The number of ether oxygens (including phenoxy) is 1. The Morgan fingerprint density at radius 3 is 1.34 bits per heavy atom. The second kappa shape index (κ2) is 48.7. The molecule has 0 rings (SSSR count). The highest BCUT2D eigenvalue weighted by molar-refractivity contribution is 5.76. The summed E-state index contributed by atoms with van der Waals surface area (Å²) in [7, 11) is 0. The van der Waals surface area contributed by atoms with Crippen LogP contribution < -0.4 is 5.32 Å². The zero-order chi connectivity index (χ0) is 43.0. The van der Waals surface area contributed by atoms with Crippen molar-refractivity contribution in [3.05, 3.63) is 36.5 Å². The molecule has 0 aliphatic carbocycles. The second-order valence-corrected chi connectivity index (χ2v) is 17.5. The van der Waals surface area contributed by atoms with Crippen molar-refractivity contribution in [3.8, 4) is 0 Å². The van der Waals surface area contributed by atoms with E-state index in [1.54, 1.807) is 0 Å². The Morgan fingerprint density at radius 1 is 0.475 bits per heavy atom. The standard InChI is InChI=1S/C53H99NO5/c1-3-5-7-9-11-13-15-16-20-24-27-31-35-39-43-47-53(58)59-48-44-40-36-32-28-25-22-19-17-18-21-23-26-30-34-38-42-46-52(57)54-50(49-55)51(56)45-41-37-33-29-14-12-10-8-6-4-2/h11,13,16-17,19-20,50-51,55-56H,3-10,12,14-15,18,21-49H2,1-2H3,(H,54,57)/b13-11-,19-17-,20-16-. The normalized spacial score (nSPS) is 12.9. The highest BCUT2D eigenvalue weighted by Gasteiger charge is 2.20. The van der Waals surface area contributed by atoms with E-state index in [-0.39, 0.29) is 18.5 Å². The lowest BCUT2D eigenvalue weighted by atomic mass is 10.0. The Bertz CT molecular complexity index is 962. The van der Waals surface area contributed by atoms with Gasteiger partial charge in [0.1, 0.15) is 0 Å². The maximum Gasteiger partial charge on any atom is 0.305 e. The molecule has 0 bridgehead atoms. The Balaban J connectivity index is 3.46. The van der Waals surface area contributed by atoms with Crippen molar-refractivity contribution >= 4 is 11.9 Å². The Kier molecular flexibility index (Phi) is 47.2. The van der Waals surface area contributed by atoms with Crippen LogP contribution in [-0.2, 0) is 14.3 Å². The quantitative estimate of drug-likeness (QED) is 0.0323. The molecule has 0 aliphatic heterocycles. The van der Waals surface area contributed by atoms with Gasteiger partial charge < -0.3 is 20.3 Å². The zero-order valence-electron chi connectivity index (χ0n) is 39.2. The smallest absolute Gasteiger partial charge is 0.305 e. The minimum atomic E-state index is -0.671. The van der Waals surface area contributed by atoms with Gasteiger partial charge >= 0.3 is 5.97 Å². The molecular weight excluding hydrogens is 731 g/mol. The van der Waals surface area contributed by atoms with Gasteiger partial charge in [0, 0.05) is 12.8 Å². The molecule has 0 aliphatic rings. The number of nitrogens with one attached hydrogen (secondary N) is 1. The number of unbranched alkanes of at least 4 members (excludes halogenated alkanes) is 30. The van der Waals surface area contributed by atoms with E-state index in [4.69, 9.17) is 4.74 Å². The number of esters is 1. The number of hydrogen-bond acceptors (Lipinski definition) is 5. The monoisotopic (exact) mass is 830 g/mol. The summed E-state index contributed by atoms with van der Waals surface area (Å²) in [5.74, 6) is -0.0667. The minimum absolute atomic E-state index is 0.0166. The van der Waals surface area contributed by atoms with E-state index in [9.17, 15) is 19.8 Å². The first kappa shape index (κ1) is 57.1. The van der Waals surface area contributed by atoms with Gasteiger partial charge in [-0.2, -0.15) is 0 Å². The van der Waals surface area contributed by atoms with Crippen LogP contribution in [0, 0.1) is 0 Å². The summed E-state index contributed by atoms with van der Waals surface area (Å²) >= 11 is 0. The van der Waals surface area contributed by atoms with Gasteiger partial charge in [-0.1, -0.05) is 204 Å². The molecule has 3 N–H and O–H groups in total. The summed E-state index contributed by atoms with van der Waals surface area (Å²) in [5, 5.41) is 23.1. The Hall–Kier alpha value is -1.92. The van der Waals surface area contributed by atoms with Crippen molar-refractivity contribution in [2.24, 2.45) is 0 Å². The van der Waals surface area contributed by atoms with E-state index in [1.807, 2.05) is 0 Å². The van der Waals surface area contributed by atoms with E-state index in [2.05, 4.69) is 55.6 Å². The lowest BCUT2D eigenvalue weighted by molar-refractivity contribution is -0.143. The molecule has 0 aromatic rings. The Morgan fingerprint density at radius 2 is 0.847 bits per heavy atom. The highest BCUT2D eigenvalue weighted by atomic mass is 16.5. The third-order valence-corrected chi connectivity index (χ3v) is 11.7. The molecule has 0 radical (unpaired) electrons. The van der Waals surface area contributed by atoms with Gasteiger partial charge in [0.05, 0.1) is 25.4 Å². The fourth-order valence-corrected chi connectivity index (χ4v) is 7.66. The average Bonchev–Trinajstić information content (AvgIpc) is 3.24. The maximum atomic E-state index is 12.4. The van der Waals surface area contributed by atoms with E-state index in [1.165, 1.54) is 167 Å². The van der Waals surface area contributed by atoms with Crippen LogP contribution in [0.4, 0.5) is 0 Å². The Labute approximate surface area is 366 Å². The molecular formula is C53H99NO5. The number of allylic oxidation sites excluding steroid dienone is 6. The molecule has 0 saturated heterocycles. The SMILES string of the molecule is CCCCC/C=C\C/C=C\CCCCCCCC(=O)OCCCCCCCC/C=C\CCCCCCCCCC(=O)NC(CO)C(O)CCCCCCCCCCCC. The van der Waals surface area contributed by atoms with Gasteiger partial charge in [-0.25, -0.2) is 0 Å². The number of carbonyl (C=O) groups is 2. The first-order valence-electron chi connectivity index (χ1n) is 25.7. The largest absolute Gasteiger partial charge is 0.466 e. The number of aliphatic hydroxyl groups is 2. The molecule has 346 valence electrons. The van der Waals surface area contributed by atoms with Gasteiger partial charge in [0.15, 0.2) is 0 Å². The summed E-state index contributed by atoms with van der Waals surface area (Å²) in [5.41, 5.74) is 0. The predicted octanol–water partition coefficient (Wildman–Crippen LogP) is 15.3. The summed E-state index contributed by atoms with van der Waals surface area (Å²) in [6.07, 6.45) is 58.3. The summed E-state index contributed by atoms with van der Waals surface area (Å²) in [6.45, 7) is 4.87. The molecule has 2 atom stereocenters. The van der Waals surface area contributed by atoms with E-state index in [0.717, 1.165) is 64.2 Å². The lowest BCUT2D eigenvalue weighted by Crippen LogP contribution is -2.45. The molecule has 59 heavy (non-hydrogen) atoms. The van der Waals surface area contributed by atoms with E-state index in [0.29, 0.717) is 25.9 Å². The van der Waals surface area contributed by atoms with Crippen molar-refractivity contribution in [1.29, 1.82) is 0 Å². The molecule has 0 fully saturated rings. The van der Waals surface area contributed by atoms with Gasteiger partial charge in [-0.05, 0) is 83.5 Å². The molecule has 0 saturated carbocycles. The lowest BCUT2D eigenvalue weighted by Gasteiger charge is -2.22. The average molecular weight is 830 g/mol. The summed E-state index contributed by atoms with van der Waals surface area (Å²) in [6, 6.07) is -0.549.